The van der Waals surface area contributed by atoms with Crippen molar-refractivity contribution in [2.24, 2.45) is 0 Å². The highest BCUT2D eigenvalue weighted by Crippen LogP contribution is 2.29. The van der Waals surface area contributed by atoms with Crippen molar-refractivity contribution < 1.29 is 4.79 Å². The van der Waals surface area contributed by atoms with E-state index < -0.39 is 0 Å². The third-order valence-electron chi connectivity index (χ3n) is 3.47. The Bertz CT molecular complexity index is 900. The van der Waals surface area contributed by atoms with E-state index in [-0.39, 0.29) is 11.2 Å². The molecule has 1 amide bonds. The van der Waals surface area contributed by atoms with Gasteiger partial charge in [-0.3, -0.25) is 4.79 Å². The molecule has 0 fully saturated rings. The maximum absolute atomic E-state index is 12.5. The Morgan fingerprint density at radius 3 is 2.62 bits per heavy atom. The number of nitrogens with zero attached hydrogens (tertiary/aromatic N) is 2. The van der Waals surface area contributed by atoms with Crippen LogP contribution in [0.5, 0.6) is 0 Å². The molecule has 24 heavy (non-hydrogen) atoms. The topological polar surface area (TPSA) is 54.9 Å². The summed E-state index contributed by atoms with van der Waals surface area (Å²) in [7, 11) is 0. The van der Waals surface area contributed by atoms with Crippen LogP contribution < -0.4 is 5.32 Å². The molecule has 122 valence electrons. The van der Waals surface area contributed by atoms with Gasteiger partial charge in [-0.15, -0.1) is 0 Å². The second-order valence-corrected chi connectivity index (χ2v) is 7.06. The van der Waals surface area contributed by atoms with Gasteiger partial charge >= 0.3 is 0 Å². The van der Waals surface area contributed by atoms with Crippen LogP contribution in [0.4, 0.5) is 5.69 Å². The van der Waals surface area contributed by atoms with Crippen molar-refractivity contribution in [3.05, 3.63) is 59.4 Å². The summed E-state index contributed by atoms with van der Waals surface area (Å²) in [4.78, 5) is 21.4. The summed E-state index contributed by atoms with van der Waals surface area (Å²) in [5.41, 5.74) is 1.49. The molecule has 1 N–H and O–H groups in total. The zero-order chi connectivity index (χ0) is 17.1. The number of fused-ring (bicyclic) bond motifs is 1. The normalized spacial score (nSPS) is 12.1. The molecule has 0 aliphatic rings. The van der Waals surface area contributed by atoms with Crippen LogP contribution in [-0.2, 0) is 4.79 Å². The number of hydrogen-bond acceptors (Lipinski definition) is 4. The number of amides is 1. The molecule has 0 spiro atoms. The number of hydrogen-bond donors (Lipinski definition) is 1. The number of para-hydroxylation sites is 2. The molecule has 0 aliphatic heterocycles. The van der Waals surface area contributed by atoms with E-state index in [1.54, 1.807) is 12.1 Å². The maximum Gasteiger partial charge on any atom is 0.237 e. The Balaban J connectivity index is 1.81. The molecular weight excluding hydrogens is 342 g/mol. The SMILES string of the molecule is Cc1nc(SC(C)C(=O)Nc2ccccc2Cl)c2ccccc2n1. The molecular formula is C18H16ClN3OS. The molecule has 0 radical (unpaired) electrons. The zero-order valence-electron chi connectivity index (χ0n) is 13.3. The molecule has 0 bridgehead atoms. The van der Waals surface area contributed by atoms with E-state index in [4.69, 9.17) is 11.6 Å². The van der Waals surface area contributed by atoms with Gasteiger partial charge in [-0.1, -0.05) is 53.7 Å². The first-order valence-corrected chi connectivity index (χ1v) is 8.76. The van der Waals surface area contributed by atoms with Crippen molar-refractivity contribution >= 4 is 45.9 Å². The van der Waals surface area contributed by atoms with Crippen LogP contribution in [-0.4, -0.2) is 21.1 Å². The molecule has 1 atom stereocenters. The zero-order valence-corrected chi connectivity index (χ0v) is 14.9. The van der Waals surface area contributed by atoms with Gasteiger partial charge in [-0.2, -0.15) is 0 Å². The largest absolute Gasteiger partial charge is 0.324 e. The molecule has 1 aromatic heterocycles. The lowest BCUT2D eigenvalue weighted by Gasteiger charge is -2.14. The number of aryl methyl sites for hydroxylation is 1. The molecule has 6 heteroatoms. The molecule has 1 unspecified atom stereocenters. The van der Waals surface area contributed by atoms with Crippen LogP contribution >= 0.6 is 23.4 Å². The van der Waals surface area contributed by atoms with Gasteiger partial charge in [0.2, 0.25) is 5.91 Å². The molecule has 3 rings (SSSR count). The Morgan fingerprint density at radius 2 is 1.83 bits per heavy atom. The monoisotopic (exact) mass is 357 g/mol. The van der Waals surface area contributed by atoms with Gasteiger partial charge in [0.15, 0.2) is 0 Å². The summed E-state index contributed by atoms with van der Waals surface area (Å²) >= 11 is 7.50. The van der Waals surface area contributed by atoms with E-state index >= 15 is 0 Å². The van der Waals surface area contributed by atoms with Crippen molar-refractivity contribution in [2.75, 3.05) is 5.32 Å². The lowest BCUT2D eigenvalue weighted by Crippen LogP contribution is -2.22. The Morgan fingerprint density at radius 1 is 1.12 bits per heavy atom. The number of carbonyl (C=O) groups excluding carboxylic acids is 1. The standard InChI is InChI=1S/C18H16ClN3OS/c1-11(17(23)22-16-10-6-4-8-14(16)19)24-18-13-7-3-5-9-15(13)20-12(2)21-18/h3-11H,1-2H3,(H,22,23). The van der Waals surface area contributed by atoms with Gasteiger partial charge < -0.3 is 5.32 Å². The summed E-state index contributed by atoms with van der Waals surface area (Å²) < 4.78 is 0. The average Bonchev–Trinajstić information content (AvgIpc) is 2.56. The van der Waals surface area contributed by atoms with Crippen molar-refractivity contribution in [3.63, 3.8) is 0 Å². The van der Waals surface area contributed by atoms with Crippen LogP contribution in [0.2, 0.25) is 5.02 Å². The quantitative estimate of drug-likeness (QED) is 0.542. The van der Waals surface area contributed by atoms with Crippen molar-refractivity contribution in [1.29, 1.82) is 0 Å². The summed E-state index contributed by atoms with van der Waals surface area (Å²) in [5, 5.41) is 4.81. The number of aromatic nitrogens is 2. The molecule has 4 nitrogen and oxygen atoms in total. The molecule has 3 aromatic rings. The predicted molar refractivity (Wildman–Crippen MR) is 99.7 cm³/mol. The number of halogens is 1. The summed E-state index contributed by atoms with van der Waals surface area (Å²) in [6.07, 6.45) is 0. The van der Waals surface area contributed by atoms with Crippen LogP contribution in [0, 0.1) is 6.92 Å². The first kappa shape index (κ1) is 16.7. The fourth-order valence-electron chi connectivity index (χ4n) is 2.27. The Kier molecular flexibility index (Phi) is 5.02. The minimum Gasteiger partial charge on any atom is -0.324 e. The van der Waals surface area contributed by atoms with Gasteiger partial charge in [0.25, 0.3) is 0 Å². The second kappa shape index (κ2) is 7.20. The maximum atomic E-state index is 12.5. The van der Waals surface area contributed by atoms with E-state index in [0.29, 0.717) is 16.5 Å². The fourth-order valence-corrected chi connectivity index (χ4v) is 3.43. The van der Waals surface area contributed by atoms with E-state index in [9.17, 15) is 4.79 Å². The van der Waals surface area contributed by atoms with E-state index in [2.05, 4.69) is 15.3 Å². The summed E-state index contributed by atoms with van der Waals surface area (Å²) in [6, 6.07) is 15.0. The third-order valence-corrected chi connectivity index (χ3v) is 4.90. The summed E-state index contributed by atoms with van der Waals surface area (Å²) in [5.74, 6) is 0.573. The van der Waals surface area contributed by atoms with E-state index in [1.807, 2.05) is 50.2 Å². The number of anilines is 1. The fraction of sp³-hybridized carbons (Fsp3) is 0.167. The van der Waals surface area contributed by atoms with E-state index in [1.165, 1.54) is 11.8 Å². The van der Waals surface area contributed by atoms with Crippen molar-refractivity contribution in [1.82, 2.24) is 9.97 Å². The smallest absolute Gasteiger partial charge is 0.237 e. The van der Waals surface area contributed by atoms with Crippen LogP contribution in [0.3, 0.4) is 0 Å². The van der Waals surface area contributed by atoms with Gasteiger partial charge in [-0.05, 0) is 32.0 Å². The van der Waals surface area contributed by atoms with Crippen LogP contribution in [0.15, 0.2) is 53.6 Å². The minimum atomic E-state index is -0.320. The van der Waals surface area contributed by atoms with Crippen LogP contribution in [0.25, 0.3) is 10.9 Å². The first-order valence-electron chi connectivity index (χ1n) is 7.50. The van der Waals surface area contributed by atoms with Crippen molar-refractivity contribution in [3.8, 4) is 0 Å². The molecule has 0 saturated carbocycles. The Hall–Kier alpha value is -2.11. The van der Waals surface area contributed by atoms with Crippen molar-refractivity contribution in [2.45, 2.75) is 24.1 Å². The number of nitrogens with one attached hydrogen (secondary N) is 1. The molecule has 0 saturated heterocycles. The minimum absolute atomic E-state index is 0.117. The highest BCUT2D eigenvalue weighted by molar-refractivity contribution is 8.00. The highest BCUT2D eigenvalue weighted by Gasteiger charge is 2.18. The second-order valence-electron chi connectivity index (χ2n) is 5.32. The lowest BCUT2D eigenvalue weighted by atomic mass is 10.2. The van der Waals surface area contributed by atoms with E-state index in [0.717, 1.165) is 15.9 Å². The van der Waals surface area contributed by atoms with Gasteiger partial charge in [-0.25, -0.2) is 9.97 Å². The highest BCUT2D eigenvalue weighted by atomic mass is 35.5. The molecule has 1 heterocycles. The van der Waals surface area contributed by atoms with Crippen LogP contribution in [0.1, 0.15) is 12.7 Å². The van der Waals surface area contributed by atoms with Gasteiger partial charge in [0.1, 0.15) is 10.9 Å². The Labute approximate surface area is 149 Å². The van der Waals surface area contributed by atoms with Gasteiger partial charge in [0, 0.05) is 5.39 Å². The predicted octanol–water partition coefficient (Wildman–Crippen LogP) is 4.71. The summed E-state index contributed by atoms with van der Waals surface area (Å²) in [6.45, 7) is 3.70. The number of rotatable bonds is 4. The first-order chi connectivity index (χ1) is 11.5. The number of benzene rings is 2. The molecule has 0 aliphatic carbocycles. The van der Waals surface area contributed by atoms with Gasteiger partial charge in [0.05, 0.1) is 21.5 Å². The number of carbonyl (C=O) groups is 1. The average molecular weight is 358 g/mol. The lowest BCUT2D eigenvalue weighted by molar-refractivity contribution is -0.115. The molecule has 2 aromatic carbocycles. The third kappa shape index (κ3) is 3.68. The number of thioether (sulfide) groups is 1.